The fourth-order valence-electron chi connectivity index (χ4n) is 1.80. The Balaban J connectivity index is 2.78. The van der Waals surface area contributed by atoms with Crippen LogP contribution < -0.4 is 11.3 Å². The van der Waals surface area contributed by atoms with E-state index < -0.39 is 5.82 Å². The molecule has 0 fully saturated rings. The second-order valence-electron chi connectivity index (χ2n) is 3.78. The summed E-state index contributed by atoms with van der Waals surface area (Å²) >= 11 is 0. The summed E-state index contributed by atoms with van der Waals surface area (Å²) in [5, 5.41) is 0. The van der Waals surface area contributed by atoms with Gasteiger partial charge in [0.1, 0.15) is 5.82 Å². The molecule has 0 aliphatic heterocycles. The molecule has 3 nitrogen and oxygen atoms in total. The number of pyridine rings is 2. The molecular weight excluding hydrogens is 207 g/mol. The number of fused-ring (bicyclic) bond motifs is 1. The van der Waals surface area contributed by atoms with Gasteiger partial charge in [-0.15, -0.1) is 0 Å². The lowest BCUT2D eigenvalue weighted by molar-refractivity contribution is 0.618. The second-order valence-corrected chi connectivity index (χ2v) is 3.78. The van der Waals surface area contributed by atoms with E-state index in [1.54, 1.807) is 13.0 Å². The van der Waals surface area contributed by atoms with E-state index in [-0.39, 0.29) is 5.56 Å². The highest BCUT2D eigenvalue weighted by atomic mass is 19.1. The first kappa shape index (κ1) is 10.8. The van der Waals surface area contributed by atoms with E-state index in [2.05, 4.69) is 0 Å². The number of hydrogen-bond donors (Lipinski definition) is 1. The monoisotopic (exact) mass is 220 g/mol. The number of rotatable bonds is 2. The SMILES string of the molecule is Cc1c(CCN)cc2ccc(F)cn2c1=O. The molecule has 0 saturated heterocycles. The molecule has 0 aromatic carbocycles. The van der Waals surface area contributed by atoms with Gasteiger partial charge in [-0.3, -0.25) is 9.20 Å². The van der Waals surface area contributed by atoms with Crippen molar-refractivity contribution in [2.45, 2.75) is 13.3 Å². The third kappa shape index (κ3) is 1.72. The summed E-state index contributed by atoms with van der Waals surface area (Å²) in [5.74, 6) is -0.416. The van der Waals surface area contributed by atoms with Gasteiger partial charge in [-0.05, 0) is 43.7 Å². The van der Waals surface area contributed by atoms with Gasteiger partial charge in [-0.1, -0.05) is 0 Å². The molecule has 2 aromatic heterocycles. The van der Waals surface area contributed by atoms with Crippen molar-refractivity contribution in [2.75, 3.05) is 6.54 Å². The highest BCUT2D eigenvalue weighted by Gasteiger charge is 2.06. The maximum Gasteiger partial charge on any atom is 0.258 e. The average molecular weight is 220 g/mol. The molecule has 2 heterocycles. The summed E-state index contributed by atoms with van der Waals surface area (Å²) in [6.45, 7) is 2.24. The van der Waals surface area contributed by atoms with Gasteiger partial charge in [0, 0.05) is 17.3 Å². The molecule has 0 saturated carbocycles. The normalized spacial score (nSPS) is 10.9. The van der Waals surface area contributed by atoms with Crippen LogP contribution in [0, 0.1) is 12.7 Å². The Morgan fingerprint density at radius 2 is 2.19 bits per heavy atom. The number of aromatic nitrogens is 1. The fraction of sp³-hybridized carbons (Fsp3) is 0.250. The van der Waals surface area contributed by atoms with Gasteiger partial charge in [-0.25, -0.2) is 4.39 Å². The highest BCUT2D eigenvalue weighted by Crippen LogP contribution is 2.10. The zero-order valence-electron chi connectivity index (χ0n) is 9.03. The molecule has 0 bridgehead atoms. The molecule has 0 spiro atoms. The van der Waals surface area contributed by atoms with Crippen molar-refractivity contribution in [3.05, 3.63) is 51.7 Å². The Labute approximate surface area is 92.3 Å². The predicted octanol–water partition coefficient (Wildman–Crippen LogP) is 1.25. The number of nitrogens with zero attached hydrogens (tertiary/aromatic N) is 1. The van der Waals surface area contributed by atoms with Gasteiger partial charge >= 0.3 is 0 Å². The molecule has 0 unspecified atom stereocenters. The molecule has 2 rings (SSSR count). The molecule has 2 aromatic rings. The van der Waals surface area contributed by atoms with Gasteiger partial charge in [0.05, 0.1) is 0 Å². The fourth-order valence-corrected chi connectivity index (χ4v) is 1.80. The van der Waals surface area contributed by atoms with Gasteiger partial charge in [0.15, 0.2) is 0 Å². The lowest BCUT2D eigenvalue weighted by Crippen LogP contribution is -2.19. The van der Waals surface area contributed by atoms with Crippen molar-refractivity contribution in [3.63, 3.8) is 0 Å². The van der Waals surface area contributed by atoms with E-state index in [1.807, 2.05) is 6.07 Å². The van der Waals surface area contributed by atoms with Crippen molar-refractivity contribution >= 4 is 5.52 Å². The highest BCUT2D eigenvalue weighted by molar-refractivity contribution is 5.50. The standard InChI is InChI=1S/C12H13FN2O/c1-8-9(4-5-14)6-11-3-2-10(13)7-15(11)12(8)16/h2-3,6-7H,4-5,14H2,1H3. The van der Waals surface area contributed by atoms with Gasteiger partial charge in [0.25, 0.3) is 5.56 Å². The minimum Gasteiger partial charge on any atom is -0.330 e. The van der Waals surface area contributed by atoms with Crippen LogP contribution in [0.2, 0.25) is 0 Å². The molecule has 0 aliphatic rings. The van der Waals surface area contributed by atoms with Gasteiger partial charge in [-0.2, -0.15) is 0 Å². The lowest BCUT2D eigenvalue weighted by Gasteiger charge is -2.07. The molecular formula is C12H13FN2O. The summed E-state index contributed by atoms with van der Waals surface area (Å²) in [7, 11) is 0. The average Bonchev–Trinajstić information content (AvgIpc) is 2.27. The summed E-state index contributed by atoms with van der Waals surface area (Å²) in [5.41, 5.74) is 7.56. The predicted molar refractivity (Wildman–Crippen MR) is 61.1 cm³/mol. The minimum absolute atomic E-state index is 0.180. The van der Waals surface area contributed by atoms with E-state index >= 15 is 0 Å². The summed E-state index contributed by atoms with van der Waals surface area (Å²) < 4.78 is 14.3. The lowest BCUT2D eigenvalue weighted by atomic mass is 10.1. The first-order valence-electron chi connectivity index (χ1n) is 5.14. The van der Waals surface area contributed by atoms with Crippen molar-refractivity contribution in [2.24, 2.45) is 5.73 Å². The van der Waals surface area contributed by atoms with E-state index in [0.29, 0.717) is 24.0 Å². The Morgan fingerprint density at radius 1 is 1.44 bits per heavy atom. The molecule has 0 atom stereocenters. The first-order chi connectivity index (χ1) is 7.63. The van der Waals surface area contributed by atoms with Crippen molar-refractivity contribution in [1.29, 1.82) is 0 Å². The minimum atomic E-state index is -0.416. The van der Waals surface area contributed by atoms with Crippen LogP contribution in [-0.2, 0) is 6.42 Å². The second kappa shape index (κ2) is 4.06. The maximum atomic E-state index is 13.0. The van der Waals surface area contributed by atoms with E-state index in [4.69, 9.17) is 5.73 Å². The quantitative estimate of drug-likeness (QED) is 0.828. The zero-order valence-corrected chi connectivity index (χ0v) is 9.03. The molecule has 0 aliphatic carbocycles. The summed E-state index contributed by atoms with van der Waals surface area (Å²) in [6.07, 6.45) is 1.87. The molecule has 4 heteroatoms. The van der Waals surface area contributed by atoms with Crippen LogP contribution in [0.4, 0.5) is 4.39 Å². The van der Waals surface area contributed by atoms with E-state index in [1.165, 1.54) is 16.7 Å². The summed E-state index contributed by atoms with van der Waals surface area (Å²) in [4.78, 5) is 11.9. The molecule has 2 N–H and O–H groups in total. The Morgan fingerprint density at radius 3 is 2.88 bits per heavy atom. The van der Waals surface area contributed by atoms with E-state index in [0.717, 1.165) is 5.56 Å². The molecule has 16 heavy (non-hydrogen) atoms. The van der Waals surface area contributed by atoms with Crippen LogP contribution in [0.3, 0.4) is 0 Å². The number of halogens is 1. The van der Waals surface area contributed by atoms with E-state index in [9.17, 15) is 9.18 Å². The summed E-state index contributed by atoms with van der Waals surface area (Å²) in [6, 6.07) is 4.82. The van der Waals surface area contributed by atoms with Gasteiger partial charge < -0.3 is 5.73 Å². The smallest absolute Gasteiger partial charge is 0.258 e. The molecule has 84 valence electrons. The number of nitrogens with two attached hydrogens (primary N) is 1. The van der Waals surface area contributed by atoms with Crippen LogP contribution >= 0.6 is 0 Å². The topological polar surface area (TPSA) is 47.5 Å². The van der Waals surface area contributed by atoms with Crippen LogP contribution in [0.15, 0.2) is 29.2 Å². The number of hydrogen-bond acceptors (Lipinski definition) is 2. The molecule has 0 radical (unpaired) electrons. The van der Waals surface area contributed by atoms with Crippen LogP contribution in [0.25, 0.3) is 5.52 Å². The van der Waals surface area contributed by atoms with Gasteiger partial charge in [0.2, 0.25) is 0 Å². The van der Waals surface area contributed by atoms with Crippen molar-refractivity contribution in [3.8, 4) is 0 Å². The Kier molecular flexibility index (Phi) is 2.75. The van der Waals surface area contributed by atoms with Crippen molar-refractivity contribution < 1.29 is 4.39 Å². The molecule has 0 amide bonds. The largest absolute Gasteiger partial charge is 0.330 e. The zero-order chi connectivity index (χ0) is 11.7. The third-order valence-electron chi connectivity index (χ3n) is 2.70. The van der Waals surface area contributed by atoms with Crippen LogP contribution in [-0.4, -0.2) is 10.9 Å². The van der Waals surface area contributed by atoms with Crippen LogP contribution in [0.1, 0.15) is 11.1 Å². The third-order valence-corrected chi connectivity index (χ3v) is 2.70. The Hall–Kier alpha value is -1.68. The maximum absolute atomic E-state index is 13.0. The van der Waals surface area contributed by atoms with Crippen LogP contribution in [0.5, 0.6) is 0 Å². The first-order valence-corrected chi connectivity index (χ1v) is 5.14. The Bertz CT molecular complexity index is 589. The van der Waals surface area contributed by atoms with Crippen molar-refractivity contribution in [1.82, 2.24) is 4.40 Å².